The highest BCUT2D eigenvalue weighted by Crippen LogP contribution is 2.15. The topological polar surface area (TPSA) is 20.2 Å². The summed E-state index contributed by atoms with van der Waals surface area (Å²) in [5, 5.41) is 8.93. The van der Waals surface area contributed by atoms with Gasteiger partial charge in [-0.15, -0.1) is 0 Å². The number of hydrogen-bond acceptors (Lipinski definition) is 1. The van der Waals surface area contributed by atoms with Crippen LogP contribution in [0.1, 0.15) is 5.56 Å². The molecule has 3 heteroatoms. The lowest BCUT2D eigenvalue weighted by Crippen LogP contribution is -1.91. The molecule has 0 aliphatic heterocycles. The number of benzene rings is 1. The Hall–Kier alpha value is -0.600. The van der Waals surface area contributed by atoms with E-state index in [1.165, 1.54) is 24.6 Å². The number of halogens is 2. The highest BCUT2D eigenvalue weighted by Gasteiger charge is 2.01. The Balaban J connectivity index is 2.93. The van der Waals surface area contributed by atoms with Crippen molar-refractivity contribution in [3.05, 3.63) is 41.0 Å². The molecule has 0 fully saturated rings. The van der Waals surface area contributed by atoms with Crippen molar-refractivity contribution in [1.29, 1.82) is 0 Å². The summed E-state index contributed by atoms with van der Waals surface area (Å²) in [5.74, 6) is -0.372. The third-order valence-corrected chi connectivity index (χ3v) is 1.50. The number of aliphatic hydroxyl groups excluding tert-OH is 1. The van der Waals surface area contributed by atoms with E-state index in [4.69, 9.17) is 16.7 Å². The van der Waals surface area contributed by atoms with Gasteiger partial charge >= 0.3 is 0 Å². The van der Waals surface area contributed by atoms with Gasteiger partial charge in [0.15, 0.2) is 0 Å². The van der Waals surface area contributed by atoms with E-state index in [0.717, 1.165) is 0 Å². The van der Waals surface area contributed by atoms with Crippen molar-refractivity contribution < 1.29 is 9.50 Å². The fraction of sp³-hybridized carbons (Fsp3) is 0.125. The summed E-state index contributed by atoms with van der Waals surface area (Å²) in [5.41, 5.74) is 0.333. The van der Waals surface area contributed by atoms with E-state index in [1.807, 2.05) is 0 Å². The fourth-order valence-electron chi connectivity index (χ4n) is 0.769. The molecule has 1 nitrogen and oxygen atoms in total. The molecule has 0 unspecified atom stereocenters. The molecule has 0 heterocycles. The minimum absolute atomic E-state index is 0.183. The van der Waals surface area contributed by atoms with Crippen LogP contribution < -0.4 is 0 Å². The van der Waals surface area contributed by atoms with Crippen LogP contribution in [-0.2, 0) is 0 Å². The number of rotatable bonds is 2. The third-order valence-electron chi connectivity index (χ3n) is 1.27. The largest absolute Gasteiger partial charge is 0.396 e. The van der Waals surface area contributed by atoms with E-state index in [2.05, 4.69) is 0 Å². The first kappa shape index (κ1) is 8.50. The molecule has 0 aromatic heterocycles. The minimum atomic E-state index is -0.372. The molecule has 0 aliphatic rings. The smallest absolute Gasteiger partial charge is 0.126 e. The predicted octanol–water partition coefficient (Wildman–Crippen LogP) is 2.02. The zero-order valence-corrected chi connectivity index (χ0v) is 6.48. The molecule has 1 aromatic rings. The van der Waals surface area contributed by atoms with Crippen molar-refractivity contribution in [2.24, 2.45) is 0 Å². The molecule has 1 N–H and O–H groups in total. The molecule has 11 heavy (non-hydrogen) atoms. The predicted molar refractivity (Wildman–Crippen MR) is 41.9 cm³/mol. The van der Waals surface area contributed by atoms with Gasteiger partial charge in [0.2, 0.25) is 0 Å². The summed E-state index contributed by atoms with van der Waals surface area (Å²) in [6, 6.07) is 4.20. The van der Waals surface area contributed by atoms with E-state index in [1.54, 1.807) is 0 Å². The van der Waals surface area contributed by atoms with Crippen molar-refractivity contribution in [2.45, 2.75) is 0 Å². The van der Waals surface area contributed by atoms with Gasteiger partial charge in [0, 0.05) is 11.4 Å². The van der Waals surface area contributed by atoms with Crippen LogP contribution in [0.5, 0.6) is 0 Å². The molecule has 0 spiro atoms. The van der Waals surface area contributed by atoms with Crippen molar-refractivity contribution in [2.75, 3.05) is 6.61 Å². The van der Waals surface area contributed by atoms with Gasteiger partial charge in [0.25, 0.3) is 0 Å². The zero-order chi connectivity index (χ0) is 8.27. The fourth-order valence-corrected chi connectivity index (χ4v) is 0.950. The first-order valence-electron chi connectivity index (χ1n) is 3.13. The lowest BCUT2D eigenvalue weighted by molar-refractivity contribution is 0.330. The maximum absolute atomic E-state index is 12.8. The Morgan fingerprint density at radius 1 is 1.55 bits per heavy atom. The monoisotopic (exact) mass is 173 g/mol. The summed E-state index contributed by atoms with van der Waals surface area (Å²) in [6.45, 7) is -0.183. The van der Waals surface area contributed by atoms with Gasteiger partial charge in [-0.25, -0.2) is 4.39 Å². The van der Waals surface area contributed by atoms with Gasteiger partial charge in [0.05, 0.1) is 6.61 Å². The van der Waals surface area contributed by atoms with E-state index >= 15 is 0 Å². The summed E-state index contributed by atoms with van der Waals surface area (Å²) in [7, 11) is 0. The average Bonchev–Trinajstić information content (AvgIpc) is 1.98. The van der Waals surface area contributed by atoms with E-state index < -0.39 is 0 Å². The second-order valence-electron chi connectivity index (χ2n) is 2.05. The normalized spacial score (nSPS) is 10.1. The molecular weight excluding hydrogens is 167 g/mol. The minimum Gasteiger partial charge on any atom is -0.396 e. The van der Waals surface area contributed by atoms with Crippen LogP contribution in [0.3, 0.4) is 0 Å². The summed E-state index contributed by atoms with van der Waals surface area (Å²) >= 11 is 5.58. The Labute approximate surface area is 69.4 Å². The van der Waals surface area contributed by atoms with Crippen molar-refractivity contribution >= 4 is 11.6 Å². The second kappa shape index (κ2) is 3.69. The molecule has 0 saturated heterocycles. The summed E-state index contributed by atoms with van der Waals surface area (Å²) in [4.78, 5) is 0. The molecule has 0 saturated carbocycles. The van der Waals surface area contributed by atoms with Gasteiger partial charge in [-0.3, -0.25) is 0 Å². The lowest BCUT2D eigenvalue weighted by atomic mass is 10.1. The van der Waals surface area contributed by atoms with Crippen LogP contribution >= 0.6 is 11.6 Å². The van der Waals surface area contributed by atoms with Crippen molar-refractivity contribution in [3.8, 4) is 0 Å². The maximum Gasteiger partial charge on any atom is 0.126 e. The van der Waals surface area contributed by atoms with Crippen LogP contribution in [0.25, 0.3) is 0 Å². The van der Waals surface area contributed by atoms with Crippen LogP contribution in [0.4, 0.5) is 4.39 Å². The quantitative estimate of drug-likeness (QED) is 0.726. The van der Waals surface area contributed by atoms with Crippen molar-refractivity contribution in [1.82, 2.24) is 0 Å². The average molecular weight is 174 g/mol. The van der Waals surface area contributed by atoms with E-state index in [9.17, 15) is 4.39 Å². The first-order valence-corrected chi connectivity index (χ1v) is 3.51. The Morgan fingerprint density at radius 2 is 2.27 bits per heavy atom. The second-order valence-corrected chi connectivity index (χ2v) is 2.49. The van der Waals surface area contributed by atoms with Gasteiger partial charge in [-0.2, -0.15) is 0 Å². The molecule has 1 rings (SSSR count). The zero-order valence-electron chi connectivity index (χ0n) is 5.72. The molecule has 0 bridgehead atoms. The van der Waals surface area contributed by atoms with Crippen LogP contribution in [0.2, 0.25) is 5.02 Å². The van der Waals surface area contributed by atoms with E-state index in [-0.39, 0.29) is 12.4 Å². The Bertz CT molecular complexity index is 250. The summed E-state index contributed by atoms with van der Waals surface area (Å²) in [6.07, 6.45) is 1.36. The highest BCUT2D eigenvalue weighted by molar-refractivity contribution is 6.30. The van der Waals surface area contributed by atoms with Gasteiger partial charge in [-0.1, -0.05) is 11.6 Å². The molecule has 0 amide bonds. The molecule has 1 aromatic carbocycles. The maximum atomic E-state index is 12.8. The van der Waals surface area contributed by atoms with Crippen LogP contribution in [-0.4, -0.2) is 11.7 Å². The van der Waals surface area contributed by atoms with Gasteiger partial charge in [0.1, 0.15) is 5.82 Å². The van der Waals surface area contributed by atoms with Gasteiger partial charge in [-0.05, 0) is 23.8 Å². The van der Waals surface area contributed by atoms with Crippen LogP contribution in [0, 0.1) is 12.2 Å². The number of aliphatic hydroxyl groups is 1. The lowest BCUT2D eigenvalue weighted by Gasteiger charge is -1.99. The SMILES string of the molecule is OC[CH]c1cc(Cl)ccc1F. The Morgan fingerprint density at radius 3 is 2.91 bits per heavy atom. The first-order chi connectivity index (χ1) is 5.24. The Kier molecular flexibility index (Phi) is 2.85. The molecule has 0 atom stereocenters. The molecule has 59 valence electrons. The third kappa shape index (κ3) is 2.17. The van der Waals surface area contributed by atoms with Crippen LogP contribution in [0.15, 0.2) is 18.2 Å². The van der Waals surface area contributed by atoms with E-state index in [0.29, 0.717) is 10.6 Å². The molecule has 0 aliphatic carbocycles. The number of hydrogen-bond donors (Lipinski definition) is 1. The van der Waals surface area contributed by atoms with Crippen molar-refractivity contribution in [3.63, 3.8) is 0 Å². The summed E-state index contributed by atoms with van der Waals surface area (Å²) < 4.78 is 12.8. The molecule has 1 radical (unpaired) electrons. The highest BCUT2D eigenvalue weighted by atomic mass is 35.5. The molecular formula is C8H7ClFO. The standard InChI is InChI=1S/C8H7ClFO/c9-7-1-2-8(10)6(5-7)3-4-11/h1-3,5,11H,4H2. The van der Waals surface area contributed by atoms with Gasteiger partial charge < -0.3 is 5.11 Å².